The molecule has 2 fully saturated rings. The summed E-state index contributed by atoms with van der Waals surface area (Å²) in [5, 5.41) is 3.23. The fraction of sp³-hybridized carbons (Fsp3) is 0.632. The molecule has 132 valence electrons. The molecular weight excluding hydrogens is 302 g/mol. The third kappa shape index (κ3) is 3.28. The van der Waals surface area contributed by atoms with Gasteiger partial charge in [-0.2, -0.15) is 0 Å². The van der Waals surface area contributed by atoms with E-state index in [-0.39, 0.29) is 17.6 Å². The maximum Gasteiger partial charge on any atom is 0.193 e. The molecule has 2 unspecified atom stereocenters. The molecular formula is C19H29N3O2. The van der Waals surface area contributed by atoms with Crippen LogP contribution in [0, 0.1) is 19.3 Å². The van der Waals surface area contributed by atoms with Crippen LogP contribution in [0.25, 0.3) is 0 Å². The zero-order valence-electron chi connectivity index (χ0n) is 15.0. The molecule has 5 heteroatoms. The molecule has 1 aromatic carbocycles. The first-order valence-corrected chi connectivity index (χ1v) is 8.92. The van der Waals surface area contributed by atoms with Crippen LogP contribution in [0.4, 0.5) is 5.69 Å². The van der Waals surface area contributed by atoms with Crippen LogP contribution in [0.5, 0.6) is 0 Å². The van der Waals surface area contributed by atoms with Gasteiger partial charge >= 0.3 is 0 Å². The molecule has 1 heterocycles. The molecule has 3 N–H and O–H groups in total. The average Bonchev–Trinajstić information content (AvgIpc) is 2.58. The van der Waals surface area contributed by atoms with Crippen LogP contribution >= 0.6 is 0 Å². The van der Waals surface area contributed by atoms with E-state index in [1.54, 1.807) is 0 Å². The van der Waals surface area contributed by atoms with E-state index in [4.69, 9.17) is 20.2 Å². The van der Waals surface area contributed by atoms with Crippen LogP contribution < -0.4 is 11.1 Å². The van der Waals surface area contributed by atoms with Gasteiger partial charge in [0.05, 0.1) is 12.1 Å². The highest BCUT2D eigenvalue weighted by Gasteiger charge is 2.56. The van der Waals surface area contributed by atoms with Crippen LogP contribution in [0.2, 0.25) is 0 Å². The summed E-state index contributed by atoms with van der Waals surface area (Å²) in [6, 6.07) is 6.46. The topological polar surface area (TPSA) is 68.9 Å². The number of aliphatic imine (C=N–C) groups is 1. The average molecular weight is 331 g/mol. The van der Waals surface area contributed by atoms with Crippen LogP contribution in [0.1, 0.15) is 37.3 Å². The molecule has 0 amide bonds. The quantitative estimate of drug-likeness (QED) is 0.657. The zero-order chi connectivity index (χ0) is 17.2. The third-order valence-corrected chi connectivity index (χ3v) is 5.61. The van der Waals surface area contributed by atoms with Gasteiger partial charge in [-0.1, -0.05) is 6.07 Å². The van der Waals surface area contributed by atoms with Crippen LogP contribution in [0.15, 0.2) is 23.2 Å². The predicted molar refractivity (Wildman–Crippen MR) is 97.5 cm³/mol. The Morgan fingerprint density at radius 3 is 2.75 bits per heavy atom. The number of benzene rings is 1. The lowest BCUT2D eigenvalue weighted by Crippen LogP contribution is -2.60. The molecule has 1 saturated heterocycles. The summed E-state index contributed by atoms with van der Waals surface area (Å²) in [5.74, 6) is 0.490. The molecule has 2 atom stereocenters. The predicted octanol–water partition coefficient (Wildman–Crippen LogP) is 3.00. The number of nitrogens with one attached hydrogen (secondary N) is 1. The number of rotatable bonds is 4. The van der Waals surface area contributed by atoms with Crippen molar-refractivity contribution in [3.05, 3.63) is 29.3 Å². The molecule has 3 rings (SSSR count). The highest BCUT2D eigenvalue weighted by molar-refractivity contribution is 5.92. The fourth-order valence-electron chi connectivity index (χ4n) is 3.92. The summed E-state index contributed by atoms with van der Waals surface area (Å²) in [4.78, 5) is 4.79. The van der Waals surface area contributed by atoms with E-state index in [2.05, 4.69) is 38.2 Å². The number of ether oxygens (including phenoxy) is 2. The highest BCUT2D eigenvalue weighted by atomic mass is 16.5. The standard InChI is InChI=1S/C19H29N3O2/c1-4-24-17-12-16(19(17)7-9-23-10-8-19)22-18(20)21-15-6-5-13(2)14(3)11-15/h5-6,11,16-17H,4,7-10,12H2,1-3H3,(H3,20,21,22). The molecule has 0 aromatic heterocycles. The van der Waals surface area contributed by atoms with Gasteiger partial charge in [-0.3, -0.25) is 0 Å². The summed E-state index contributed by atoms with van der Waals surface area (Å²) < 4.78 is 11.5. The van der Waals surface area contributed by atoms with Gasteiger partial charge in [0, 0.05) is 30.9 Å². The Labute approximate surface area is 144 Å². The van der Waals surface area contributed by atoms with Crippen molar-refractivity contribution in [3.63, 3.8) is 0 Å². The number of nitrogens with two attached hydrogens (primary N) is 1. The molecule has 2 aliphatic rings. The number of aryl methyl sites for hydroxylation is 2. The summed E-state index contributed by atoms with van der Waals surface area (Å²) in [6.07, 6.45) is 3.24. The van der Waals surface area contributed by atoms with Gasteiger partial charge < -0.3 is 20.5 Å². The number of hydrogen-bond acceptors (Lipinski definition) is 3. The van der Waals surface area contributed by atoms with E-state index in [1.165, 1.54) is 11.1 Å². The maximum atomic E-state index is 6.18. The highest BCUT2D eigenvalue weighted by Crippen LogP contribution is 2.52. The first-order chi connectivity index (χ1) is 11.5. The van der Waals surface area contributed by atoms with Crippen molar-refractivity contribution >= 4 is 11.6 Å². The molecule has 1 aliphatic heterocycles. The van der Waals surface area contributed by atoms with E-state index in [0.29, 0.717) is 5.96 Å². The van der Waals surface area contributed by atoms with Gasteiger partial charge in [0.15, 0.2) is 5.96 Å². The zero-order valence-corrected chi connectivity index (χ0v) is 15.0. The molecule has 1 aromatic rings. The van der Waals surface area contributed by atoms with Gasteiger partial charge in [-0.05, 0) is 63.3 Å². The molecule has 1 saturated carbocycles. The van der Waals surface area contributed by atoms with Crippen LogP contribution in [0.3, 0.4) is 0 Å². The van der Waals surface area contributed by atoms with Gasteiger partial charge in [0.1, 0.15) is 0 Å². The number of hydrogen-bond donors (Lipinski definition) is 2. The minimum Gasteiger partial charge on any atom is -0.381 e. The number of nitrogens with zero attached hydrogens (tertiary/aromatic N) is 1. The lowest BCUT2D eigenvalue weighted by atomic mass is 9.58. The minimum absolute atomic E-state index is 0.101. The Hall–Kier alpha value is -1.59. The van der Waals surface area contributed by atoms with E-state index >= 15 is 0 Å². The molecule has 0 radical (unpaired) electrons. The Kier molecular flexibility index (Phi) is 5.11. The SMILES string of the molecule is CCOC1CC(N=C(N)Nc2ccc(C)c(C)c2)C12CCOCC2. The van der Waals surface area contributed by atoms with Crippen molar-refractivity contribution in [2.45, 2.75) is 52.2 Å². The second-order valence-corrected chi connectivity index (χ2v) is 6.98. The van der Waals surface area contributed by atoms with Crippen LogP contribution in [-0.4, -0.2) is 37.9 Å². The lowest BCUT2D eigenvalue weighted by Gasteiger charge is -2.55. The second-order valence-electron chi connectivity index (χ2n) is 6.98. The van der Waals surface area contributed by atoms with E-state index in [1.807, 2.05) is 6.07 Å². The van der Waals surface area contributed by atoms with Crippen molar-refractivity contribution < 1.29 is 9.47 Å². The number of guanidine groups is 1. The van der Waals surface area contributed by atoms with Crippen molar-refractivity contribution in [2.75, 3.05) is 25.1 Å². The Morgan fingerprint density at radius 1 is 1.33 bits per heavy atom. The molecule has 1 spiro atoms. The molecule has 5 nitrogen and oxygen atoms in total. The van der Waals surface area contributed by atoms with Crippen molar-refractivity contribution in [1.29, 1.82) is 0 Å². The summed E-state index contributed by atoms with van der Waals surface area (Å²) >= 11 is 0. The first kappa shape index (κ1) is 17.2. The monoisotopic (exact) mass is 331 g/mol. The second kappa shape index (κ2) is 7.11. The van der Waals surface area contributed by atoms with Gasteiger partial charge in [-0.15, -0.1) is 0 Å². The summed E-state index contributed by atoms with van der Waals surface area (Å²) in [7, 11) is 0. The van der Waals surface area contributed by atoms with E-state index in [0.717, 1.165) is 44.8 Å². The Morgan fingerprint density at radius 2 is 2.08 bits per heavy atom. The van der Waals surface area contributed by atoms with Gasteiger partial charge in [-0.25, -0.2) is 4.99 Å². The molecule has 24 heavy (non-hydrogen) atoms. The van der Waals surface area contributed by atoms with Gasteiger partial charge in [0.2, 0.25) is 0 Å². The van der Waals surface area contributed by atoms with Crippen molar-refractivity contribution in [3.8, 4) is 0 Å². The van der Waals surface area contributed by atoms with E-state index < -0.39 is 0 Å². The van der Waals surface area contributed by atoms with Crippen molar-refractivity contribution in [1.82, 2.24) is 0 Å². The smallest absolute Gasteiger partial charge is 0.193 e. The van der Waals surface area contributed by atoms with Crippen molar-refractivity contribution in [2.24, 2.45) is 16.1 Å². The summed E-state index contributed by atoms with van der Waals surface area (Å²) in [6.45, 7) is 8.59. The van der Waals surface area contributed by atoms with Gasteiger partial charge in [0.25, 0.3) is 0 Å². The first-order valence-electron chi connectivity index (χ1n) is 8.92. The fourth-order valence-corrected chi connectivity index (χ4v) is 3.92. The summed E-state index contributed by atoms with van der Waals surface area (Å²) in [5.41, 5.74) is 9.79. The Bertz CT molecular complexity index is 609. The number of anilines is 1. The third-order valence-electron chi connectivity index (χ3n) is 5.61. The lowest BCUT2D eigenvalue weighted by molar-refractivity contribution is -0.163. The maximum absolute atomic E-state index is 6.18. The minimum atomic E-state index is 0.101. The molecule has 0 bridgehead atoms. The normalized spacial score (nSPS) is 26.2. The molecule has 1 aliphatic carbocycles. The Balaban J connectivity index is 1.70. The van der Waals surface area contributed by atoms with E-state index in [9.17, 15) is 0 Å². The largest absolute Gasteiger partial charge is 0.381 e. The van der Waals surface area contributed by atoms with Crippen LogP contribution in [-0.2, 0) is 9.47 Å².